The third kappa shape index (κ3) is 6.59. The topological polar surface area (TPSA) is 61.0 Å². The fourth-order valence-electron chi connectivity index (χ4n) is 9.08. The Labute approximate surface area is 358 Å². The van der Waals surface area contributed by atoms with Gasteiger partial charge in [-0.2, -0.15) is 0 Å². The van der Waals surface area contributed by atoms with Gasteiger partial charge in [0.2, 0.25) is 0 Å². The second-order valence-electron chi connectivity index (χ2n) is 16.4. The van der Waals surface area contributed by atoms with Gasteiger partial charge in [0.15, 0.2) is 17.5 Å². The minimum absolute atomic E-state index is 0.602. The molecule has 0 unspecified atom stereocenters. The van der Waals surface area contributed by atoms with E-state index in [9.17, 15) is 0 Å². The molecule has 1 aliphatic carbocycles. The molecule has 1 aliphatic rings. The van der Waals surface area contributed by atoms with Gasteiger partial charge >= 0.3 is 0 Å². The average Bonchev–Trinajstić information content (AvgIpc) is 3.88. The average molecular weight is 810 g/mol. The van der Waals surface area contributed by atoms with E-state index in [-0.39, 0.29) is 0 Å². The summed E-state index contributed by atoms with van der Waals surface area (Å²) in [6.07, 6.45) is 10.4. The van der Waals surface area contributed by atoms with Crippen LogP contribution in [0.3, 0.4) is 0 Å². The number of aromatic nitrogens is 3. The van der Waals surface area contributed by atoms with Crippen LogP contribution in [0, 0.1) is 5.92 Å². The molecule has 0 saturated heterocycles. The second kappa shape index (κ2) is 15.3. The molecule has 6 heteroatoms. The van der Waals surface area contributed by atoms with Crippen molar-refractivity contribution in [3.05, 3.63) is 167 Å². The standard InChI is InChI=1S/C55H43N3O2S/c1-33(2)13-4-6-16-40-39(18-11-22-47(40)59-3)42-19-10-20-43-51-44(21-12-23-48(51)60-52(42)43)55-57-53(36-28-27-35-26-25-34-14-5-7-15-38(34)45(35)31-36)56-54(58-55)37-29-30-50-46(32-37)41-17-8-9-24-49(41)61-50/h4-12,14-15,17-28,31-33H,13,16,29-30H2,1-3H3/b6-4-. The summed E-state index contributed by atoms with van der Waals surface area (Å²) < 4.78 is 14.1. The van der Waals surface area contributed by atoms with E-state index in [1.165, 1.54) is 42.1 Å². The van der Waals surface area contributed by atoms with Gasteiger partial charge in [-0.1, -0.05) is 135 Å². The van der Waals surface area contributed by atoms with E-state index in [0.29, 0.717) is 23.4 Å². The van der Waals surface area contributed by atoms with Crippen LogP contribution in [0.1, 0.15) is 48.5 Å². The number of hydrogen-bond donors (Lipinski definition) is 0. The Bertz CT molecular complexity index is 3410. The summed E-state index contributed by atoms with van der Waals surface area (Å²) in [5.41, 5.74) is 9.13. The molecule has 10 aromatic rings. The van der Waals surface area contributed by atoms with Gasteiger partial charge < -0.3 is 9.15 Å². The molecule has 296 valence electrons. The summed E-state index contributed by atoms with van der Waals surface area (Å²) in [7, 11) is 1.75. The lowest BCUT2D eigenvalue weighted by Gasteiger charge is -2.15. The number of fused-ring (bicyclic) bond motifs is 9. The zero-order chi connectivity index (χ0) is 41.0. The van der Waals surface area contributed by atoms with E-state index in [1.54, 1.807) is 7.11 Å². The smallest absolute Gasteiger partial charge is 0.164 e. The van der Waals surface area contributed by atoms with Gasteiger partial charge in [0.1, 0.15) is 16.9 Å². The van der Waals surface area contributed by atoms with Gasteiger partial charge in [-0.3, -0.25) is 0 Å². The van der Waals surface area contributed by atoms with Gasteiger partial charge in [-0.05, 0) is 106 Å². The molecular formula is C55H43N3O2S. The van der Waals surface area contributed by atoms with Crippen molar-refractivity contribution < 1.29 is 9.15 Å². The molecule has 0 fully saturated rings. The third-order valence-electron chi connectivity index (χ3n) is 12.1. The summed E-state index contributed by atoms with van der Waals surface area (Å²) in [4.78, 5) is 17.4. The Morgan fingerprint density at radius 1 is 0.656 bits per heavy atom. The summed E-state index contributed by atoms with van der Waals surface area (Å²) in [5.74, 6) is 3.44. The Kier molecular flexibility index (Phi) is 9.31. The number of ether oxygens (including phenoxy) is 1. The molecular weight excluding hydrogens is 767 g/mol. The van der Waals surface area contributed by atoms with Crippen LogP contribution in [0.4, 0.5) is 0 Å². The molecule has 0 atom stereocenters. The van der Waals surface area contributed by atoms with Crippen molar-refractivity contribution in [2.24, 2.45) is 5.92 Å². The fraction of sp³-hybridized carbons (Fsp3) is 0.145. The van der Waals surface area contributed by atoms with E-state index < -0.39 is 0 Å². The van der Waals surface area contributed by atoms with E-state index in [0.717, 1.165) is 86.8 Å². The van der Waals surface area contributed by atoms with E-state index in [4.69, 9.17) is 24.1 Å². The highest BCUT2D eigenvalue weighted by Crippen LogP contribution is 2.44. The first kappa shape index (κ1) is 37.1. The van der Waals surface area contributed by atoms with Crippen LogP contribution in [-0.2, 0) is 12.8 Å². The normalized spacial score (nSPS) is 13.0. The number of aryl methyl sites for hydroxylation is 1. The van der Waals surface area contributed by atoms with Crippen LogP contribution in [0.2, 0.25) is 0 Å². The number of benzene rings is 7. The van der Waals surface area contributed by atoms with E-state index >= 15 is 0 Å². The number of allylic oxidation sites excluding steroid dienone is 3. The fourth-order valence-corrected chi connectivity index (χ4v) is 10.3. The number of rotatable bonds is 9. The van der Waals surface area contributed by atoms with Crippen molar-refractivity contribution in [3.8, 4) is 39.7 Å². The first-order valence-electron chi connectivity index (χ1n) is 21.2. The molecule has 11 rings (SSSR count). The lowest BCUT2D eigenvalue weighted by atomic mass is 9.94. The van der Waals surface area contributed by atoms with Crippen LogP contribution in [0.5, 0.6) is 5.75 Å². The maximum atomic E-state index is 6.87. The largest absolute Gasteiger partial charge is 0.496 e. The van der Waals surface area contributed by atoms with E-state index in [2.05, 4.69) is 147 Å². The van der Waals surface area contributed by atoms with Crippen molar-refractivity contribution in [1.82, 2.24) is 15.0 Å². The highest BCUT2D eigenvalue weighted by Gasteiger charge is 2.24. The minimum atomic E-state index is 0.602. The number of methoxy groups -OCH3 is 1. The van der Waals surface area contributed by atoms with Gasteiger partial charge in [-0.25, -0.2) is 15.0 Å². The second-order valence-corrected chi connectivity index (χ2v) is 17.5. The summed E-state index contributed by atoms with van der Waals surface area (Å²) in [6, 6.07) is 47.1. The Balaban J connectivity index is 1.11. The number of nitrogens with zero attached hydrogens (tertiary/aromatic N) is 3. The maximum absolute atomic E-state index is 6.87. The number of para-hydroxylation sites is 1. The first-order valence-corrected chi connectivity index (χ1v) is 22.0. The summed E-state index contributed by atoms with van der Waals surface area (Å²) in [6.45, 7) is 4.49. The molecule has 0 amide bonds. The molecule has 0 aliphatic heterocycles. The van der Waals surface area contributed by atoms with Crippen molar-refractivity contribution in [1.29, 1.82) is 0 Å². The van der Waals surface area contributed by atoms with Gasteiger partial charge in [0.05, 0.1) is 7.11 Å². The monoisotopic (exact) mass is 809 g/mol. The first-order chi connectivity index (χ1) is 30.0. The lowest BCUT2D eigenvalue weighted by molar-refractivity contribution is 0.411. The number of thiophene rings is 1. The molecule has 0 radical (unpaired) electrons. The van der Waals surface area contributed by atoms with Crippen molar-refractivity contribution in [2.75, 3.05) is 7.11 Å². The molecule has 0 saturated carbocycles. The summed E-state index contributed by atoms with van der Waals surface area (Å²) in [5, 5.41) is 8.05. The van der Waals surface area contributed by atoms with Crippen molar-refractivity contribution >= 4 is 76.6 Å². The van der Waals surface area contributed by atoms with Crippen molar-refractivity contribution in [3.63, 3.8) is 0 Å². The number of furan rings is 1. The van der Waals surface area contributed by atoms with Gasteiger partial charge in [0.25, 0.3) is 0 Å². The highest BCUT2D eigenvalue weighted by atomic mass is 32.1. The Morgan fingerprint density at radius 2 is 1.38 bits per heavy atom. The molecule has 3 aromatic heterocycles. The van der Waals surface area contributed by atoms with Crippen molar-refractivity contribution in [2.45, 2.75) is 39.5 Å². The quantitative estimate of drug-likeness (QED) is 0.107. The van der Waals surface area contributed by atoms with Gasteiger partial charge in [0, 0.05) is 42.6 Å². The van der Waals surface area contributed by atoms with Crippen LogP contribution >= 0.6 is 11.3 Å². The minimum Gasteiger partial charge on any atom is -0.496 e. The molecule has 0 N–H and O–H groups in total. The molecule has 5 nitrogen and oxygen atoms in total. The SMILES string of the molecule is COc1cccc(-c2cccc3c2oc2cccc(-c4nc(C5=Cc6c(sc7ccccc67)CC5)nc(-c5ccc6ccc7ccccc7c6c5)n4)c23)c1C/C=C\CC(C)C. The Hall–Kier alpha value is -6.89. The maximum Gasteiger partial charge on any atom is 0.164 e. The molecule has 0 bridgehead atoms. The van der Waals surface area contributed by atoms with Crippen LogP contribution < -0.4 is 4.74 Å². The van der Waals surface area contributed by atoms with Crippen LogP contribution in [-0.4, -0.2) is 22.1 Å². The highest BCUT2D eigenvalue weighted by molar-refractivity contribution is 7.19. The Morgan fingerprint density at radius 3 is 2.26 bits per heavy atom. The van der Waals surface area contributed by atoms with Crippen LogP contribution in [0.15, 0.2) is 150 Å². The third-order valence-corrected chi connectivity index (χ3v) is 13.3. The molecule has 61 heavy (non-hydrogen) atoms. The predicted molar refractivity (Wildman–Crippen MR) is 255 cm³/mol. The molecule has 7 aromatic carbocycles. The molecule has 3 heterocycles. The van der Waals surface area contributed by atoms with Crippen LogP contribution in [0.25, 0.3) is 99.1 Å². The van der Waals surface area contributed by atoms with Gasteiger partial charge in [-0.15, -0.1) is 11.3 Å². The van der Waals surface area contributed by atoms with E-state index in [1.807, 2.05) is 29.5 Å². The molecule has 0 spiro atoms. The lowest BCUT2D eigenvalue weighted by Crippen LogP contribution is -2.05. The predicted octanol–water partition coefficient (Wildman–Crippen LogP) is 14.9. The zero-order valence-corrected chi connectivity index (χ0v) is 35.2. The summed E-state index contributed by atoms with van der Waals surface area (Å²) >= 11 is 1.89. The number of hydrogen-bond acceptors (Lipinski definition) is 6. The zero-order valence-electron chi connectivity index (χ0n) is 34.4.